The summed E-state index contributed by atoms with van der Waals surface area (Å²) in [4.78, 5) is 65.2. The normalized spacial score (nSPS) is 36.1. The number of ether oxygens (including phenoxy) is 2. The SMILES string of the molecule is C=C1C(=O)[C@]23CC[C@H]1CC2[C@@]12CCC[C@@](C)(COC1=O)C2C[C@H]3OC(=O)CCCCCCCCCn1cc(CNC(=O)CCCC[C@H]2SC[C@H]3NC(=O)N[C@H]32)nn1. The number of cyclic esters (lactones) is 1. The monoisotopic (exact) mass is 806 g/mol. The molecule has 3 amide bonds. The molecule has 10 atom stereocenters. The summed E-state index contributed by atoms with van der Waals surface area (Å²) in [7, 11) is 0. The van der Waals surface area contributed by atoms with Crippen molar-refractivity contribution in [2.24, 2.45) is 34.0 Å². The number of fused-ring (bicyclic) bond motifs is 3. The van der Waals surface area contributed by atoms with Gasteiger partial charge in [-0.15, -0.1) is 5.10 Å². The highest BCUT2D eigenvalue weighted by atomic mass is 32.2. The van der Waals surface area contributed by atoms with Crippen LogP contribution >= 0.6 is 11.8 Å². The summed E-state index contributed by atoms with van der Waals surface area (Å²) in [6.45, 7) is 8.01. The lowest BCUT2D eigenvalue weighted by atomic mass is 9.35. The van der Waals surface area contributed by atoms with Gasteiger partial charge in [0.25, 0.3) is 0 Å². The molecule has 0 aromatic carbocycles. The number of rotatable bonds is 18. The van der Waals surface area contributed by atoms with Crippen LogP contribution in [0.1, 0.15) is 135 Å². The molecule has 312 valence electrons. The topological polar surface area (TPSA) is 171 Å². The molecule has 1 spiro atoms. The number of hydrogen-bond acceptors (Lipinski definition) is 10. The lowest BCUT2D eigenvalue weighted by molar-refractivity contribution is -0.257. The number of carbonyl (C=O) groups is 5. The van der Waals surface area contributed by atoms with Gasteiger partial charge in [-0.3, -0.25) is 23.9 Å². The Morgan fingerprint density at radius 2 is 1.77 bits per heavy atom. The Balaban J connectivity index is 0.698. The molecule has 4 heterocycles. The molecule has 8 aliphatic rings. The van der Waals surface area contributed by atoms with Crippen molar-refractivity contribution >= 4 is 41.4 Å². The Morgan fingerprint density at radius 1 is 0.982 bits per heavy atom. The van der Waals surface area contributed by atoms with Gasteiger partial charge in [0.05, 0.1) is 42.3 Å². The molecule has 3 saturated heterocycles. The summed E-state index contributed by atoms with van der Waals surface area (Å²) in [6, 6.07) is 0.378. The van der Waals surface area contributed by atoms with Crippen LogP contribution in [0.25, 0.3) is 0 Å². The number of thioether (sulfide) groups is 1. The fourth-order valence-corrected chi connectivity index (χ4v) is 13.9. The van der Waals surface area contributed by atoms with Crippen molar-refractivity contribution in [3.63, 3.8) is 0 Å². The van der Waals surface area contributed by atoms with E-state index in [0.717, 1.165) is 114 Å². The average Bonchev–Trinajstić information content (AvgIpc) is 3.92. The third kappa shape index (κ3) is 7.65. The molecule has 5 aliphatic carbocycles. The van der Waals surface area contributed by atoms with Crippen LogP contribution < -0.4 is 16.0 Å². The molecule has 3 aliphatic heterocycles. The highest BCUT2D eigenvalue weighted by Gasteiger charge is 2.76. The first-order valence-electron chi connectivity index (χ1n) is 22.0. The first kappa shape index (κ1) is 40.4. The molecule has 2 unspecified atom stereocenters. The second-order valence-electron chi connectivity index (χ2n) is 18.7. The van der Waals surface area contributed by atoms with Crippen molar-refractivity contribution in [3.8, 4) is 0 Å². The second-order valence-corrected chi connectivity index (χ2v) is 19.9. The lowest BCUT2D eigenvalue weighted by Crippen LogP contribution is -2.73. The molecule has 5 saturated carbocycles. The van der Waals surface area contributed by atoms with E-state index in [1.54, 1.807) is 0 Å². The van der Waals surface area contributed by atoms with Crippen molar-refractivity contribution in [2.45, 2.75) is 165 Å². The number of nitrogens with one attached hydrogen (secondary N) is 3. The van der Waals surface area contributed by atoms with E-state index in [9.17, 15) is 24.0 Å². The van der Waals surface area contributed by atoms with Crippen molar-refractivity contribution < 1.29 is 33.4 Å². The smallest absolute Gasteiger partial charge is 0.315 e. The van der Waals surface area contributed by atoms with Gasteiger partial charge < -0.3 is 25.4 Å². The van der Waals surface area contributed by atoms with Gasteiger partial charge in [0, 0.05) is 35.8 Å². The summed E-state index contributed by atoms with van der Waals surface area (Å²) < 4.78 is 14.1. The summed E-state index contributed by atoms with van der Waals surface area (Å²) in [5, 5.41) is 17.8. The Bertz CT molecular complexity index is 1740. The van der Waals surface area contributed by atoms with E-state index < -0.39 is 16.9 Å². The van der Waals surface area contributed by atoms with E-state index in [4.69, 9.17) is 9.47 Å². The van der Waals surface area contributed by atoms with Gasteiger partial charge in [-0.05, 0) is 87.5 Å². The standard InChI is InChI=1S/C43H62N6O7S/c1-27-28-16-19-43(38(27)52)33(21-28)42-18-12-17-41(2,26-55-39(42)53)32(42)22-34(43)56-36(51)15-8-6-4-3-5-7-11-20-49-24-29(47-48-49)23-44-35(50)14-10-9-13-31-37-30(25-57-31)45-40(54)46-37/h24,28,30-34,37H,1,3-23,25-26H2,2H3,(H,44,50)(H2,45,46,54)/t28-,30+,31+,32?,33?,34+,37+,41-,42-,43+/m0/s1. The maximum atomic E-state index is 14.1. The molecule has 1 aromatic heterocycles. The molecular weight excluding hydrogens is 745 g/mol. The molecule has 0 radical (unpaired) electrons. The Morgan fingerprint density at radius 3 is 2.61 bits per heavy atom. The minimum atomic E-state index is -0.855. The Kier molecular flexibility index (Phi) is 11.8. The number of ketones is 1. The van der Waals surface area contributed by atoms with Crippen LogP contribution in [0, 0.1) is 34.0 Å². The third-order valence-electron chi connectivity index (χ3n) is 15.3. The van der Waals surface area contributed by atoms with Gasteiger partial charge in [0.15, 0.2) is 5.78 Å². The fraction of sp³-hybridized carbons (Fsp3) is 0.791. The highest BCUT2D eigenvalue weighted by molar-refractivity contribution is 8.00. The molecule has 4 bridgehead atoms. The number of carbonyl (C=O) groups excluding carboxylic acids is 5. The van der Waals surface area contributed by atoms with Crippen LogP contribution in [0.4, 0.5) is 4.79 Å². The number of allylic oxidation sites excluding steroid dienone is 1. The van der Waals surface area contributed by atoms with Crippen molar-refractivity contribution in [1.82, 2.24) is 30.9 Å². The number of Topliss-reactive ketones (excluding diaryl/α,β-unsaturated/α-hetero) is 1. The quantitative estimate of drug-likeness (QED) is 0.0698. The van der Waals surface area contributed by atoms with E-state index in [0.29, 0.717) is 49.7 Å². The van der Waals surface area contributed by atoms with Gasteiger partial charge in [-0.2, -0.15) is 11.8 Å². The average molecular weight is 807 g/mol. The van der Waals surface area contributed by atoms with E-state index in [1.165, 1.54) is 0 Å². The maximum absolute atomic E-state index is 14.1. The summed E-state index contributed by atoms with van der Waals surface area (Å²) >= 11 is 1.90. The number of urea groups is 1. The van der Waals surface area contributed by atoms with Crippen LogP contribution in [-0.2, 0) is 41.7 Å². The van der Waals surface area contributed by atoms with Crippen molar-refractivity contribution in [3.05, 3.63) is 24.0 Å². The zero-order valence-electron chi connectivity index (χ0n) is 33.7. The Labute approximate surface area is 340 Å². The molecule has 8 fully saturated rings. The third-order valence-corrected chi connectivity index (χ3v) is 16.8. The van der Waals surface area contributed by atoms with Crippen LogP contribution in [0.3, 0.4) is 0 Å². The Hall–Kier alpha value is -3.42. The van der Waals surface area contributed by atoms with Gasteiger partial charge >= 0.3 is 18.0 Å². The summed E-state index contributed by atoms with van der Waals surface area (Å²) in [5.74, 6) is 0.694. The molecule has 1 aromatic rings. The summed E-state index contributed by atoms with van der Waals surface area (Å²) in [6.07, 6.45) is 17.7. The predicted molar refractivity (Wildman–Crippen MR) is 214 cm³/mol. The number of aryl methyl sites for hydroxylation is 1. The minimum absolute atomic E-state index is 0.0220. The van der Waals surface area contributed by atoms with Gasteiger partial charge in [-0.1, -0.05) is 63.7 Å². The zero-order valence-corrected chi connectivity index (χ0v) is 34.5. The molecule has 9 rings (SSSR count). The predicted octanol–water partition coefficient (Wildman–Crippen LogP) is 5.95. The second kappa shape index (κ2) is 16.7. The number of hydrogen-bond donors (Lipinski definition) is 3. The number of unbranched alkanes of at least 4 members (excludes halogenated alkanes) is 7. The van der Waals surface area contributed by atoms with Crippen LogP contribution in [0.15, 0.2) is 18.3 Å². The van der Waals surface area contributed by atoms with E-state index >= 15 is 0 Å². The van der Waals surface area contributed by atoms with Crippen LogP contribution in [0.2, 0.25) is 0 Å². The first-order valence-corrected chi connectivity index (χ1v) is 23.0. The fourth-order valence-electron chi connectivity index (χ4n) is 12.4. The van der Waals surface area contributed by atoms with E-state index in [2.05, 4.69) is 39.8 Å². The molecule has 57 heavy (non-hydrogen) atoms. The number of aromatic nitrogens is 3. The first-order chi connectivity index (χ1) is 27.5. The van der Waals surface area contributed by atoms with Crippen molar-refractivity contribution in [1.29, 1.82) is 0 Å². The lowest BCUT2D eigenvalue weighted by Gasteiger charge is -2.69. The van der Waals surface area contributed by atoms with Gasteiger partial charge in [0.1, 0.15) is 11.8 Å². The van der Waals surface area contributed by atoms with Gasteiger partial charge in [0.2, 0.25) is 5.91 Å². The molecule has 3 N–H and O–H groups in total. The van der Waals surface area contributed by atoms with Crippen LogP contribution in [0.5, 0.6) is 0 Å². The largest absolute Gasteiger partial charge is 0.465 e. The van der Waals surface area contributed by atoms with E-state index in [-0.39, 0.29) is 64.9 Å². The number of nitrogens with zero attached hydrogens (tertiary/aromatic N) is 3. The van der Waals surface area contributed by atoms with Crippen LogP contribution in [-0.4, -0.2) is 80.5 Å². The highest BCUT2D eigenvalue weighted by Crippen LogP contribution is 2.73. The number of amides is 3. The maximum Gasteiger partial charge on any atom is 0.315 e. The van der Waals surface area contributed by atoms with Crippen molar-refractivity contribution in [2.75, 3.05) is 12.4 Å². The summed E-state index contributed by atoms with van der Waals surface area (Å²) in [5.41, 5.74) is -0.239. The minimum Gasteiger partial charge on any atom is -0.465 e. The zero-order chi connectivity index (χ0) is 39.8. The molecule has 13 nitrogen and oxygen atoms in total. The number of esters is 2. The van der Waals surface area contributed by atoms with E-state index in [1.807, 2.05) is 22.6 Å². The van der Waals surface area contributed by atoms with Gasteiger partial charge in [-0.25, -0.2) is 4.79 Å². The molecule has 14 heteroatoms. The molecular formula is C43H62N6O7S.